The number of nitrogens with zero attached hydrogens (tertiary/aromatic N) is 1. The molecule has 0 spiro atoms. The number of hydrogen-bond acceptors (Lipinski definition) is 2. The van der Waals surface area contributed by atoms with Gasteiger partial charge in [0.05, 0.1) is 6.42 Å². The van der Waals surface area contributed by atoms with Gasteiger partial charge in [-0.2, -0.15) is 0 Å². The number of benzene rings is 3. The summed E-state index contributed by atoms with van der Waals surface area (Å²) >= 11 is 0. The largest absolute Gasteiger partial charge is 0.481 e. The molecule has 164 valence electrons. The molecule has 1 N–H and O–H groups in total. The van der Waals surface area contributed by atoms with Gasteiger partial charge in [0.15, 0.2) is 0 Å². The molecule has 3 rings (SSSR count). The molecule has 0 aliphatic rings. The minimum atomic E-state index is -0.808. The fraction of sp³-hybridized carbons (Fsp3) is 0.214. The van der Waals surface area contributed by atoms with Gasteiger partial charge < -0.3 is 10.0 Å². The van der Waals surface area contributed by atoms with E-state index in [0.29, 0.717) is 19.4 Å². The monoisotopic (exact) mass is 427 g/mol. The fourth-order valence-corrected chi connectivity index (χ4v) is 3.50. The molecule has 0 fully saturated rings. The predicted molar refractivity (Wildman–Crippen MR) is 129 cm³/mol. The standard InChI is InChI=1S/C28H29NO3/c1-29(19-18-22-8-4-2-5-9-22)27(30)21-24-14-12-23(13-15-24)20-26(16-17-28(31)32)25-10-6-3-7-11-25/h2-15,20H,16-19,21H2,1H3,(H,31,32)/b26-20-. The molecule has 0 saturated carbocycles. The van der Waals surface area contributed by atoms with Crippen molar-refractivity contribution in [1.82, 2.24) is 4.90 Å². The lowest BCUT2D eigenvalue weighted by molar-refractivity contribution is -0.136. The number of allylic oxidation sites excluding steroid dienone is 1. The van der Waals surface area contributed by atoms with Gasteiger partial charge in [0, 0.05) is 20.0 Å². The van der Waals surface area contributed by atoms with Crippen LogP contribution in [0.15, 0.2) is 84.9 Å². The summed E-state index contributed by atoms with van der Waals surface area (Å²) in [6.07, 6.45) is 3.77. The van der Waals surface area contributed by atoms with Crippen LogP contribution in [-0.4, -0.2) is 35.5 Å². The average Bonchev–Trinajstić information content (AvgIpc) is 2.82. The zero-order chi connectivity index (χ0) is 22.8. The number of likely N-dealkylation sites (N-methyl/N-ethyl adjacent to an activating group) is 1. The highest BCUT2D eigenvalue weighted by Gasteiger charge is 2.10. The lowest BCUT2D eigenvalue weighted by Gasteiger charge is -2.17. The quantitative estimate of drug-likeness (QED) is 0.445. The molecular weight excluding hydrogens is 398 g/mol. The van der Waals surface area contributed by atoms with Gasteiger partial charge in [0.25, 0.3) is 0 Å². The van der Waals surface area contributed by atoms with Crippen molar-refractivity contribution in [3.8, 4) is 0 Å². The average molecular weight is 428 g/mol. The van der Waals surface area contributed by atoms with Crippen molar-refractivity contribution in [3.63, 3.8) is 0 Å². The van der Waals surface area contributed by atoms with Gasteiger partial charge in [0.2, 0.25) is 5.91 Å². The maximum Gasteiger partial charge on any atom is 0.303 e. The van der Waals surface area contributed by atoms with Crippen LogP contribution in [0.1, 0.15) is 35.1 Å². The molecule has 4 heteroatoms. The van der Waals surface area contributed by atoms with Gasteiger partial charge in [-0.05, 0) is 40.7 Å². The topological polar surface area (TPSA) is 57.6 Å². The van der Waals surface area contributed by atoms with Crippen molar-refractivity contribution in [2.75, 3.05) is 13.6 Å². The highest BCUT2D eigenvalue weighted by molar-refractivity contribution is 5.83. The van der Waals surface area contributed by atoms with Crippen LogP contribution >= 0.6 is 0 Å². The second kappa shape index (κ2) is 11.7. The molecule has 0 aliphatic heterocycles. The number of aliphatic carboxylic acids is 1. The van der Waals surface area contributed by atoms with Gasteiger partial charge >= 0.3 is 5.97 Å². The normalized spacial score (nSPS) is 11.2. The molecule has 0 aromatic heterocycles. The van der Waals surface area contributed by atoms with Crippen LogP contribution in [0.25, 0.3) is 11.6 Å². The third-order valence-corrected chi connectivity index (χ3v) is 5.43. The Kier molecular flexibility index (Phi) is 8.38. The smallest absolute Gasteiger partial charge is 0.303 e. The van der Waals surface area contributed by atoms with Crippen LogP contribution in [0, 0.1) is 0 Å². The molecule has 0 saturated heterocycles. The van der Waals surface area contributed by atoms with E-state index in [0.717, 1.165) is 28.7 Å². The molecule has 0 heterocycles. The summed E-state index contributed by atoms with van der Waals surface area (Å²) in [4.78, 5) is 25.4. The number of rotatable bonds is 10. The number of carboxylic acid groups (broad SMARTS) is 1. The van der Waals surface area contributed by atoms with E-state index in [-0.39, 0.29) is 12.3 Å². The van der Waals surface area contributed by atoms with Crippen molar-refractivity contribution in [3.05, 3.63) is 107 Å². The Bertz CT molecular complexity index is 1040. The molecule has 0 unspecified atom stereocenters. The second-order valence-electron chi connectivity index (χ2n) is 7.90. The van der Waals surface area contributed by atoms with Gasteiger partial charge in [-0.3, -0.25) is 9.59 Å². The number of carbonyl (C=O) groups is 2. The van der Waals surface area contributed by atoms with E-state index >= 15 is 0 Å². The molecule has 4 nitrogen and oxygen atoms in total. The Morgan fingerprint density at radius 2 is 1.44 bits per heavy atom. The first-order chi connectivity index (χ1) is 15.5. The van der Waals surface area contributed by atoms with Crippen LogP contribution < -0.4 is 0 Å². The minimum absolute atomic E-state index is 0.0859. The Labute approximate surface area is 189 Å². The van der Waals surface area contributed by atoms with Crippen LogP contribution in [0.4, 0.5) is 0 Å². The first-order valence-electron chi connectivity index (χ1n) is 10.9. The fourth-order valence-electron chi connectivity index (χ4n) is 3.50. The van der Waals surface area contributed by atoms with Crippen LogP contribution in [0.2, 0.25) is 0 Å². The highest BCUT2D eigenvalue weighted by atomic mass is 16.4. The van der Waals surface area contributed by atoms with E-state index in [1.165, 1.54) is 5.56 Å². The van der Waals surface area contributed by atoms with Crippen LogP contribution in [0.3, 0.4) is 0 Å². The first kappa shape index (κ1) is 23.0. The Morgan fingerprint density at radius 1 is 0.812 bits per heavy atom. The van der Waals surface area contributed by atoms with Gasteiger partial charge in [0.1, 0.15) is 0 Å². The van der Waals surface area contributed by atoms with E-state index in [1.54, 1.807) is 4.90 Å². The summed E-state index contributed by atoms with van der Waals surface area (Å²) < 4.78 is 0. The van der Waals surface area contributed by atoms with Gasteiger partial charge in [-0.25, -0.2) is 0 Å². The maximum atomic E-state index is 12.6. The van der Waals surface area contributed by atoms with Gasteiger partial charge in [-0.1, -0.05) is 91.0 Å². The summed E-state index contributed by atoms with van der Waals surface area (Å²) in [6, 6.07) is 27.9. The zero-order valence-corrected chi connectivity index (χ0v) is 18.4. The third kappa shape index (κ3) is 7.24. The lowest BCUT2D eigenvalue weighted by atomic mass is 9.98. The highest BCUT2D eigenvalue weighted by Crippen LogP contribution is 2.23. The van der Waals surface area contributed by atoms with Gasteiger partial charge in [-0.15, -0.1) is 0 Å². The predicted octanol–water partition coefficient (Wildman–Crippen LogP) is 5.34. The molecule has 32 heavy (non-hydrogen) atoms. The van der Waals surface area contributed by atoms with Crippen molar-refractivity contribution < 1.29 is 14.7 Å². The molecule has 0 bridgehead atoms. The van der Waals surface area contributed by atoms with Crippen molar-refractivity contribution in [1.29, 1.82) is 0 Å². The van der Waals surface area contributed by atoms with Crippen molar-refractivity contribution >= 4 is 23.5 Å². The van der Waals surface area contributed by atoms with E-state index in [4.69, 9.17) is 5.11 Å². The summed E-state index contributed by atoms with van der Waals surface area (Å²) in [5, 5.41) is 9.08. The maximum absolute atomic E-state index is 12.6. The van der Waals surface area contributed by atoms with Crippen LogP contribution in [-0.2, 0) is 22.4 Å². The van der Waals surface area contributed by atoms with E-state index in [2.05, 4.69) is 12.1 Å². The first-order valence-corrected chi connectivity index (χ1v) is 10.9. The van der Waals surface area contributed by atoms with E-state index in [9.17, 15) is 9.59 Å². The molecule has 0 radical (unpaired) electrons. The second-order valence-corrected chi connectivity index (χ2v) is 7.90. The molecular formula is C28H29NO3. The number of amides is 1. The lowest BCUT2D eigenvalue weighted by Crippen LogP contribution is -2.30. The summed E-state index contributed by atoms with van der Waals surface area (Å²) in [5.41, 5.74) is 5.18. The summed E-state index contributed by atoms with van der Waals surface area (Å²) in [5.74, 6) is -0.715. The number of carboxylic acids is 1. The summed E-state index contributed by atoms with van der Waals surface area (Å²) in [6.45, 7) is 0.688. The molecule has 0 aliphatic carbocycles. The van der Waals surface area contributed by atoms with Crippen molar-refractivity contribution in [2.45, 2.75) is 25.7 Å². The molecule has 0 atom stereocenters. The molecule has 3 aromatic rings. The zero-order valence-electron chi connectivity index (χ0n) is 18.4. The SMILES string of the molecule is CN(CCc1ccccc1)C(=O)Cc1ccc(/C=C(/CCC(=O)O)c2ccccc2)cc1. The Balaban J connectivity index is 1.62. The Morgan fingerprint density at radius 3 is 2.06 bits per heavy atom. The van der Waals surface area contributed by atoms with E-state index < -0.39 is 5.97 Å². The molecule has 3 aromatic carbocycles. The third-order valence-electron chi connectivity index (χ3n) is 5.43. The minimum Gasteiger partial charge on any atom is -0.481 e. The molecule has 1 amide bonds. The Hall–Kier alpha value is -3.66. The number of hydrogen-bond donors (Lipinski definition) is 1. The summed E-state index contributed by atoms with van der Waals surface area (Å²) in [7, 11) is 1.84. The van der Waals surface area contributed by atoms with Crippen molar-refractivity contribution in [2.24, 2.45) is 0 Å². The van der Waals surface area contributed by atoms with E-state index in [1.807, 2.05) is 85.9 Å². The number of carbonyl (C=O) groups excluding carboxylic acids is 1. The van der Waals surface area contributed by atoms with Crippen LogP contribution in [0.5, 0.6) is 0 Å².